The number of fused-ring (bicyclic) bond motifs is 12. The van der Waals surface area contributed by atoms with Crippen molar-refractivity contribution in [2.75, 3.05) is 0 Å². The molecule has 3 heterocycles. The Morgan fingerprint density at radius 2 is 0.875 bits per heavy atom. The quantitative estimate of drug-likeness (QED) is 0.162. The zero-order valence-corrected chi connectivity index (χ0v) is 34.6. The molecule has 0 radical (unpaired) electrons. The van der Waals surface area contributed by atoms with Crippen LogP contribution in [0.1, 0.15) is 22.3 Å². The highest BCUT2D eigenvalue weighted by atomic mass is 16.5. The number of ether oxygens (including phenoxy) is 1. The van der Waals surface area contributed by atoms with E-state index in [1.807, 2.05) is 36.4 Å². The summed E-state index contributed by atoms with van der Waals surface area (Å²) in [5, 5.41) is 3.40. The SMILES string of the molecule is c1ccc(-c2cc(-c3cccc(-c4ccc5c(c4)nc(-c4ccccc4)c4cc6c(cc45)C4(c5ccccc5Oc5ccccc54)c4ccccc4-6)c3)nc(-c3ccccc3)n2)cc1. The average Bonchev–Trinajstić information content (AvgIpc) is 3.65. The number of hydrogen-bond donors (Lipinski definition) is 0. The molecule has 11 aromatic rings. The van der Waals surface area contributed by atoms with Crippen LogP contribution in [0.5, 0.6) is 11.5 Å². The molecule has 0 amide bonds. The van der Waals surface area contributed by atoms with E-state index in [-0.39, 0.29) is 0 Å². The summed E-state index contributed by atoms with van der Waals surface area (Å²) >= 11 is 0. The lowest BCUT2D eigenvalue weighted by Crippen LogP contribution is -2.32. The van der Waals surface area contributed by atoms with Gasteiger partial charge in [-0.1, -0.05) is 182 Å². The molecule has 0 fully saturated rings. The van der Waals surface area contributed by atoms with Crippen molar-refractivity contribution >= 4 is 21.7 Å². The van der Waals surface area contributed by atoms with E-state index in [1.165, 1.54) is 27.6 Å². The Morgan fingerprint density at radius 1 is 0.312 bits per heavy atom. The number of hydrogen-bond acceptors (Lipinski definition) is 4. The molecule has 0 N–H and O–H groups in total. The van der Waals surface area contributed by atoms with Gasteiger partial charge in [0.1, 0.15) is 11.5 Å². The van der Waals surface area contributed by atoms with Gasteiger partial charge in [-0.3, -0.25) is 0 Å². The number of nitrogens with zero attached hydrogens (tertiary/aromatic N) is 3. The first kappa shape index (κ1) is 36.2. The van der Waals surface area contributed by atoms with Crippen LogP contribution >= 0.6 is 0 Å². The van der Waals surface area contributed by atoms with Crippen LogP contribution in [0.15, 0.2) is 224 Å². The summed E-state index contributed by atoms with van der Waals surface area (Å²) in [5.74, 6) is 2.46. The van der Waals surface area contributed by atoms with E-state index in [0.29, 0.717) is 5.82 Å². The van der Waals surface area contributed by atoms with Gasteiger partial charge >= 0.3 is 0 Å². The van der Waals surface area contributed by atoms with Crippen LogP contribution in [-0.2, 0) is 5.41 Å². The lowest BCUT2D eigenvalue weighted by molar-refractivity contribution is 0.436. The van der Waals surface area contributed by atoms with E-state index in [9.17, 15) is 0 Å². The summed E-state index contributed by atoms with van der Waals surface area (Å²) in [4.78, 5) is 15.7. The fourth-order valence-corrected chi connectivity index (χ4v) is 10.3. The molecule has 9 aromatic carbocycles. The number of pyridine rings is 1. The lowest BCUT2D eigenvalue weighted by atomic mass is 9.66. The van der Waals surface area contributed by atoms with Crippen molar-refractivity contribution < 1.29 is 4.74 Å². The van der Waals surface area contributed by atoms with E-state index in [1.54, 1.807) is 0 Å². The smallest absolute Gasteiger partial charge is 0.160 e. The minimum absolute atomic E-state index is 0.573. The molecule has 0 bridgehead atoms. The summed E-state index contributed by atoms with van der Waals surface area (Å²) in [7, 11) is 0. The molecule has 0 saturated carbocycles. The summed E-state index contributed by atoms with van der Waals surface area (Å²) in [6, 6.07) is 79.5. The normalized spacial score (nSPS) is 12.9. The van der Waals surface area contributed by atoms with E-state index < -0.39 is 5.41 Å². The van der Waals surface area contributed by atoms with E-state index in [0.717, 1.165) is 89.4 Å². The third kappa shape index (κ3) is 5.52. The number of para-hydroxylation sites is 2. The van der Waals surface area contributed by atoms with E-state index >= 15 is 0 Å². The van der Waals surface area contributed by atoms with Gasteiger partial charge in [0, 0.05) is 44.2 Å². The Labute approximate surface area is 370 Å². The van der Waals surface area contributed by atoms with Crippen LogP contribution in [0, 0.1) is 0 Å². The molecule has 0 unspecified atom stereocenters. The molecule has 0 atom stereocenters. The van der Waals surface area contributed by atoms with Gasteiger partial charge in [0.25, 0.3) is 0 Å². The standard InChI is InChI=1S/C60H37N3O/c1-4-17-38(18-5-1)53-37-54(63-59(62-53)40-21-8-3-9-22-40)43-24-16-23-41(33-43)42-31-32-45-46-36-52-47(35-48(46)58(61-55(45)34-42)39-19-6-2-7-20-39)44-25-10-11-26-49(44)60(52)50-27-12-14-29-56(50)64-57-30-15-13-28-51(57)60/h1-37H. The van der Waals surface area contributed by atoms with Gasteiger partial charge in [0.05, 0.1) is 28.0 Å². The van der Waals surface area contributed by atoms with Gasteiger partial charge in [0.2, 0.25) is 0 Å². The van der Waals surface area contributed by atoms with Crippen molar-refractivity contribution in [1.29, 1.82) is 0 Å². The summed E-state index contributed by atoms with van der Waals surface area (Å²) in [6.07, 6.45) is 0. The molecule has 2 aromatic heterocycles. The van der Waals surface area contributed by atoms with Crippen molar-refractivity contribution in [2.24, 2.45) is 0 Å². The maximum atomic E-state index is 6.66. The predicted molar refractivity (Wildman–Crippen MR) is 259 cm³/mol. The molecule has 4 heteroatoms. The molecular formula is C60H37N3O. The maximum absolute atomic E-state index is 6.66. The predicted octanol–water partition coefficient (Wildman–Crippen LogP) is 15.0. The Bertz CT molecular complexity index is 3540. The van der Waals surface area contributed by atoms with Gasteiger partial charge < -0.3 is 4.74 Å². The fraction of sp³-hybridized carbons (Fsp3) is 0.0167. The lowest BCUT2D eigenvalue weighted by Gasteiger charge is -2.39. The first-order valence-corrected chi connectivity index (χ1v) is 21.8. The van der Waals surface area contributed by atoms with Crippen LogP contribution in [0.2, 0.25) is 0 Å². The van der Waals surface area contributed by atoms with Gasteiger partial charge in [0.15, 0.2) is 5.82 Å². The topological polar surface area (TPSA) is 47.9 Å². The van der Waals surface area contributed by atoms with Gasteiger partial charge in [-0.15, -0.1) is 0 Å². The monoisotopic (exact) mass is 815 g/mol. The number of benzene rings is 9. The Kier molecular flexibility index (Phi) is 8.09. The molecule has 1 aliphatic heterocycles. The molecule has 4 nitrogen and oxygen atoms in total. The van der Waals surface area contributed by atoms with Crippen molar-refractivity contribution in [3.05, 3.63) is 247 Å². The van der Waals surface area contributed by atoms with E-state index in [4.69, 9.17) is 19.7 Å². The maximum Gasteiger partial charge on any atom is 0.160 e. The van der Waals surface area contributed by atoms with Gasteiger partial charge in [-0.2, -0.15) is 0 Å². The van der Waals surface area contributed by atoms with Crippen molar-refractivity contribution in [1.82, 2.24) is 15.0 Å². The Hall–Kier alpha value is -8.47. The largest absolute Gasteiger partial charge is 0.457 e. The Balaban J connectivity index is 1.02. The molecule has 298 valence electrons. The second-order valence-electron chi connectivity index (χ2n) is 16.7. The average molecular weight is 816 g/mol. The first-order chi connectivity index (χ1) is 31.7. The second-order valence-corrected chi connectivity index (χ2v) is 16.7. The van der Waals surface area contributed by atoms with Gasteiger partial charge in [-0.05, 0) is 81.2 Å². The molecule has 13 rings (SSSR count). The highest BCUT2D eigenvalue weighted by Gasteiger charge is 2.51. The van der Waals surface area contributed by atoms with Crippen LogP contribution in [0.4, 0.5) is 0 Å². The summed E-state index contributed by atoms with van der Waals surface area (Å²) in [6.45, 7) is 0. The van der Waals surface area contributed by atoms with Gasteiger partial charge in [-0.25, -0.2) is 15.0 Å². The zero-order chi connectivity index (χ0) is 42.2. The number of aromatic nitrogens is 3. The van der Waals surface area contributed by atoms with E-state index in [2.05, 4.69) is 188 Å². The minimum Gasteiger partial charge on any atom is -0.457 e. The van der Waals surface area contributed by atoms with Crippen molar-refractivity contribution in [3.8, 4) is 78.9 Å². The molecule has 1 spiro atoms. The first-order valence-electron chi connectivity index (χ1n) is 21.8. The molecule has 2 aliphatic rings. The highest BCUT2D eigenvalue weighted by molar-refractivity contribution is 6.14. The molecular weight excluding hydrogens is 779 g/mol. The number of rotatable bonds is 5. The fourth-order valence-electron chi connectivity index (χ4n) is 10.3. The Morgan fingerprint density at radius 3 is 1.59 bits per heavy atom. The van der Waals surface area contributed by atoms with Crippen molar-refractivity contribution in [3.63, 3.8) is 0 Å². The van der Waals surface area contributed by atoms with Crippen LogP contribution in [0.3, 0.4) is 0 Å². The summed E-state index contributed by atoms with van der Waals surface area (Å²) < 4.78 is 6.66. The van der Waals surface area contributed by atoms with Crippen LogP contribution < -0.4 is 4.74 Å². The highest BCUT2D eigenvalue weighted by Crippen LogP contribution is 2.62. The van der Waals surface area contributed by atoms with Crippen LogP contribution in [-0.4, -0.2) is 15.0 Å². The third-order valence-electron chi connectivity index (χ3n) is 13.1. The summed E-state index contributed by atoms with van der Waals surface area (Å²) in [5.41, 5.74) is 16.6. The molecule has 0 saturated heterocycles. The molecule has 1 aliphatic carbocycles. The second kappa shape index (κ2) is 14.3. The minimum atomic E-state index is -0.573. The third-order valence-corrected chi connectivity index (χ3v) is 13.1. The molecule has 64 heavy (non-hydrogen) atoms. The zero-order valence-electron chi connectivity index (χ0n) is 34.6. The van der Waals surface area contributed by atoms with Crippen LogP contribution in [0.25, 0.3) is 89.1 Å². The van der Waals surface area contributed by atoms with Crippen molar-refractivity contribution in [2.45, 2.75) is 5.41 Å².